The van der Waals surface area contributed by atoms with Crippen molar-refractivity contribution in [1.29, 1.82) is 0 Å². The van der Waals surface area contributed by atoms with Crippen molar-refractivity contribution in [2.45, 2.75) is 27.7 Å². The van der Waals surface area contributed by atoms with E-state index in [1.54, 1.807) is 14.0 Å². The Morgan fingerprint density at radius 3 is 2.42 bits per heavy atom. The molecule has 0 spiro atoms. The van der Waals surface area contributed by atoms with Crippen molar-refractivity contribution in [3.63, 3.8) is 0 Å². The maximum Gasteiger partial charge on any atom is 0.143 e. The second-order valence-corrected chi connectivity index (χ2v) is 4.54. The Morgan fingerprint density at radius 1 is 1.26 bits per heavy atom. The number of hydrogen-bond acceptors (Lipinski definition) is 2. The van der Waals surface area contributed by atoms with Crippen molar-refractivity contribution >= 4 is 12.4 Å². The van der Waals surface area contributed by atoms with Crippen LogP contribution in [0.25, 0.3) is 6.08 Å². The highest BCUT2D eigenvalue weighted by atomic mass is 19.1. The molecule has 19 heavy (non-hydrogen) atoms. The molecule has 2 nitrogen and oxygen atoms in total. The van der Waals surface area contributed by atoms with Gasteiger partial charge in [-0.3, -0.25) is 4.79 Å². The van der Waals surface area contributed by atoms with E-state index >= 15 is 0 Å². The van der Waals surface area contributed by atoms with Crippen molar-refractivity contribution in [1.82, 2.24) is 0 Å². The average molecular weight is 262 g/mol. The van der Waals surface area contributed by atoms with Crippen LogP contribution in [0.5, 0.6) is 5.75 Å². The van der Waals surface area contributed by atoms with E-state index in [9.17, 15) is 9.18 Å². The minimum atomic E-state index is -0.400. The lowest BCUT2D eigenvalue weighted by atomic mass is 9.96. The number of carbonyl (C=O) groups is 1. The normalized spacial score (nSPS) is 12.5. The molecule has 0 N–H and O–H groups in total. The SMILES string of the molecule is COc1cc(C)c(C=C(F)C(C)=CC=O)c(C)c1C. The fraction of sp³-hybridized carbons (Fsp3) is 0.312. The Bertz CT molecular complexity index is 554. The van der Waals surface area contributed by atoms with E-state index in [-0.39, 0.29) is 0 Å². The van der Waals surface area contributed by atoms with E-state index in [0.29, 0.717) is 11.9 Å². The molecule has 0 aliphatic rings. The number of carbonyl (C=O) groups excluding carboxylic acids is 1. The van der Waals surface area contributed by atoms with Crippen LogP contribution in [0.15, 0.2) is 23.5 Å². The lowest BCUT2D eigenvalue weighted by Crippen LogP contribution is -1.96. The van der Waals surface area contributed by atoms with Crippen LogP contribution in [0.4, 0.5) is 4.39 Å². The molecule has 0 fully saturated rings. The molecule has 0 saturated carbocycles. The molecule has 0 radical (unpaired) electrons. The lowest BCUT2D eigenvalue weighted by molar-refractivity contribution is -0.104. The zero-order chi connectivity index (χ0) is 14.6. The van der Waals surface area contributed by atoms with Crippen molar-refractivity contribution < 1.29 is 13.9 Å². The van der Waals surface area contributed by atoms with Gasteiger partial charge in [-0.05, 0) is 73.7 Å². The summed E-state index contributed by atoms with van der Waals surface area (Å²) in [6.45, 7) is 7.35. The highest BCUT2D eigenvalue weighted by molar-refractivity contribution is 5.71. The van der Waals surface area contributed by atoms with Gasteiger partial charge in [0.15, 0.2) is 0 Å². The summed E-state index contributed by atoms with van der Waals surface area (Å²) in [5, 5.41) is 0. The highest BCUT2D eigenvalue weighted by Gasteiger charge is 2.10. The third kappa shape index (κ3) is 3.31. The summed E-state index contributed by atoms with van der Waals surface area (Å²) in [4.78, 5) is 10.4. The van der Waals surface area contributed by atoms with Gasteiger partial charge in [0.25, 0.3) is 0 Å². The zero-order valence-electron chi connectivity index (χ0n) is 12.0. The van der Waals surface area contributed by atoms with Crippen LogP contribution in [-0.4, -0.2) is 13.4 Å². The van der Waals surface area contributed by atoms with E-state index in [4.69, 9.17) is 4.74 Å². The molecule has 0 aliphatic carbocycles. The molecule has 0 amide bonds. The van der Waals surface area contributed by atoms with Gasteiger partial charge < -0.3 is 4.74 Å². The first kappa shape index (κ1) is 15.2. The standard InChI is InChI=1S/C16H19FO2/c1-10(6-7-18)15(17)9-14-11(2)8-16(19-5)13(4)12(14)3/h6-9H,1-5H3. The molecule has 0 heterocycles. The van der Waals surface area contributed by atoms with Gasteiger partial charge in [-0.15, -0.1) is 0 Å². The van der Waals surface area contributed by atoms with E-state index in [1.165, 1.54) is 12.2 Å². The van der Waals surface area contributed by atoms with Gasteiger partial charge in [-0.1, -0.05) is 0 Å². The van der Waals surface area contributed by atoms with Crippen molar-refractivity contribution in [2.24, 2.45) is 0 Å². The number of aryl methyl sites for hydroxylation is 1. The van der Waals surface area contributed by atoms with Gasteiger partial charge in [0.2, 0.25) is 0 Å². The predicted molar refractivity (Wildman–Crippen MR) is 76.1 cm³/mol. The molecule has 0 bridgehead atoms. The maximum absolute atomic E-state index is 13.9. The molecule has 0 aliphatic heterocycles. The topological polar surface area (TPSA) is 26.3 Å². The number of hydrogen-bond donors (Lipinski definition) is 0. The van der Waals surface area contributed by atoms with Crippen LogP contribution < -0.4 is 4.74 Å². The summed E-state index contributed by atoms with van der Waals surface area (Å²) in [5.41, 5.74) is 4.06. The van der Waals surface area contributed by atoms with Crippen LogP contribution in [0.2, 0.25) is 0 Å². The van der Waals surface area contributed by atoms with E-state index in [1.807, 2.05) is 26.8 Å². The van der Waals surface area contributed by atoms with Gasteiger partial charge in [-0.25, -0.2) is 4.39 Å². The van der Waals surface area contributed by atoms with Crippen LogP contribution >= 0.6 is 0 Å². The summed E-state index contributed by atoms with van der Waals surface area (Å²) in [7, 11) is 1.62. The molecular formula is C16H19FO2. The lowest BCUT2D eigenvalue weighted by Gasteiger charge is -2.13. The molecule has 1 rings (SSSR count). The molecule has 0 unspecified atom stereocenters. The van der Waals surface area contributed by atoms with Gasteiger partial charge in [0.1, 0.15) is 17.9 Å². The first-order valence-corrected chi connectivity index (χ1v) is 6.06. The third-order valence-corrected chi connectivity index (χ3v) is 3.29. The second-order valence-electron chi connectivity index (χ2n) is 4.54. The van der Waals surface area contributed by atoms with Gasteiger partial charge in [-0.2, -0.15) is 0 Å². The Hall–Kier alpha value is -1.90. The first-order chi connectivity index (χ1) is 8.92. The summed E-state index contributed by atoms with van der Waals surface area (Å²) in [6.07, 6.45) is 3.26. The zero-order valence-corrected chi connectivity index (χ0v) is 12.0. The minimum Gasteiger partial charge on any atom is -0.496 e. The van der Waals surface area contributed by atoms with Crippen LogP contribution in [-0.2, 0) is 4.79 Å². The number of ether oxygens (including phenoxy) is 1. The number of methoxy groups -OCH3 is 1. The second kappa shape index (κ2) is 6.32. The number of rotatable bonds is 4. The van der Waals surface area contributed by atoms with Crippen LogP contribution in [0.1, 0.15) is 29.2 Å². The van der Waals surface area contributed by atoms with E-state index in [0.717, 1.165) is 28.0 Å². The largest absolute Gasteiger partial charge is 0.496 e. The number of allylic oxidation sites excluding steroid dienone is 3. The third-order valence-electron chi connectivity index (χ3n) is 3.29. The average Bonchev–Trinajstić information content (AvgIpc) is 2.38. The molecule has 102 valence electrons. The molecule has 0 saturated heterocycles. The van der Waals surface area contributed by atoms with Crippen molar-refractivity contribution in [3.05, 3.63) is 45.8 Å². The van der Waals surface area contributed by atoms with Crippen molar-refractivity contribution in [3.8, 4) is 5.75 Å². The highest BCUT2D eigenvalue weighted by Crippen LogP contribution is 2.29. The van der Waals surface area contributed by atoms with Gasteiger partial charge >= 0.3 is 0 Å². The predicted octanol–water partition coefficient (Wildman–Crippen LogP) is 4.08. The maximum atomic E-state index is 13.9. The Balaban J connectivity index is 3.37. The molecular weight excluding hydrogens is 243 g/mol. The molecule has 0 aromatic heterocycles. The first-order valence-electron chi connectivity index (χ1n) is 6.06. The van der Waals surface area contributed by atoms with Crippen LogP contribution in [0, 0.1) is 20.8 Å². The smallest absolute Gasteiger partial charge is 0.143 e. The summed E-state index contributed by atoms with van der Waals surface area (Å²) in [5.74, 6) is 0.399. The molecule has 1 aromatic rings. The van der Waals surface area contributed by atoms with E-state index in [2.05, 4.69) is 0 Å². The Morgan fingerprint density at radius 2 is 1.89 bits per heavy atom. The summed E-state index contributed by atoms with van der Waals surface area (Å²) >= 11 is 0. The number of halogens is 1. The molecule has 1 aromatic carbocycles. The Labute approximate surface area is 113 Å². The monoisotopic (exact) mass is 262 g/mol. The fourth-order valence-corrected chi connectivity index (χ4v) is 1.92. The minimum absolute atomic E-state index is 0.322. The molecule has 3 heteroatoms. The van der Waals surface area contributed by atoms with Gasteiger partial charge in [0, 0.05) is 0 Å². The number of aldehydes is 1. The van der Waals surface area contributed by atoms with Crippen LogP contribution in [0.3, 0.4) is 0 Å². The van der Waals surface area contributed by atoms with Gasteiger partial charge in [0.05, 0.1) is 7.11 Å². The van der Waals surface area contributed by atoms with E-state index < -0.39 is 5.83 Å². The molecule has 0 atom stereocenters. The fourth-order valence-electron chi connectivity index (χ4n) is 1.92. The summed E-state index contributed by atoms with van der Waals surface area (Å²) < 4.78 is 19.2. The summed E-state index contributed by atoms with van der Waals surface area (Å²) in [6, 6.07) is 1.89. The Kier molecular flexibility index (Phi) is 5.04. The quantitative estimate of drug-likeness (QED) is 0.464. The van der Waals surface area contributed by atoms with Crippen molar-refractivity contribution in [2.75, 3.05) is 7.11 Å². The number of benzene rings is 1.